The first-order chi connectivity index (χ1) is 8.70. The first-order valence-electron chi connectivity index (χ1n) is 6.13. The maximum Gasteiger partial charge on any atom is 0.155 e. The Balaban J connectivity index is 1.79. The van der Waals surface area contributed by atoms with Crippen LogP contribution in [0.2, 0.25) is 0 Å². The predicted molar refractivity (Wildman–Crippen MR) is 65.5 cm³/mol. The molecule has 94 valence electrons. The lowest BCUT2D eigenvalue weighted by Gasteiger charge is -2.17. The van der Waals surface area contributed by atoms with Gasteiger partial charge in [-0.15, -0.1) is 0 Å². The molecule has 5 heteroatoms. The summed E-state index contributed by atoms with van der Waals surface area (Å²) in [4.78, 5) is 4.50. The first kappa shape index (κ1) is 11.3. The molecule has 0 fully saturated rings. The van der Waals surface area contributed by atoms with Crippen LogP contribution in [-0.4, -0.2) is 20.8 Å². The smallest absolute Gasteiger partial charge is 0.155 e. The van der Waals surface area contributed by atoms with Crippen molar-refractivity contribution in [1.82, 2.24) is 14.8 Å². The van der Waals surface area contributed by atoms with Gasteiger partial charge in [0, 0.05) is 25.4 Å². The molecule has 2 heterocycles. The molecule has 2 aromatic rings. The average Bonchev–Trinajstić information content (AvgIpc) is 2.73. The summed E-state index contributed by atoms with van der Waals surface area (Å²) in [5.74, 6) is 1.53. The van der Waals surface area contributed by atoms with E-state index in [4.69, 9.17) is 5.73 Å². The van der Waals surface area contributed by atoms with Gasteiger partial charge < -0.3 is 5.73 Å². The summed E-state index contributed by atoms with van der Waals surface area (Å²) in [6, 6.07) is 6.64. The topological polar surface area (TPSA) is 56.7 Å². The lowest BCUT2D eigenvalue weighted by atomic mass is 10.1. The van der Waals surface area contributed by atoms with Gasteiger partial charge in [0.15, 0.2) is 5.82 Å². The molecule has 1 aliphatic rings. The fraction of sp³-hybridized carbons (Fsp3) is 0.385. The molecule has 0 bridgehead atoms. The van der Waals surface area contributed by atoms with Crippen molar-refractivity contribution in [2.45, 2.75) is 31.8 Å². The van der Waals surface area contributed by atoms with E-state index in [0.29, 0.717) is 6.42 Å². The van der Waals surface area contributed by atoms with Crippen LogP contribution >= 0.6 is 0 Å². The van der Waals surface area contributed by atoms with Crippen LogP contribution in [0.3, 0.4) is 0 Å². The second kappa shape index (κ2) is 4.49. The Labute approximate surface area is 105 Å². The van der Waals surface area contributed by atoms with E-state index in [1.165, 1.54) is 12.1 Å². The Morgan fingerprint density at radius 2 is 2.11 bits per heavy atom. The van der Waals surface area contributed by atoms with Gasteiger partial charge in [-0.05, 0) is 24.1 Å². The van der Waals surface area contributed by atoms with E-state index in [2.05, 4.69) is 10.1 Å². The maximum absolute atomic E-state index is 12.8. The zero-order chi connectivity index (χ0) is 12.5. The highest BCUT2D eigenvalue weighted by Crippen LogP contribution is 2.14. The fourth-order valence-electron chi connectivity index (χ4n) is 2.24. The molecule has 1 aromatic carbocycles. The van der Waals surface area contributed by atoms with Crippen molar-refractivity contribution in [2.75, 3.05) is 0 Å². The number of aryl methyl sites for hydroxylation is 1. The number of nitrogens with zero attached hydrogens (tertiary/aromatic N) is 3. The van der Waals surface area contributed by atoms with E-state index in [0.717, 1.165) is 36.6 Å². The van der Waals surface area contributed by atoms with Gasteiger partial charge >= 0.3 is 0 Å². The second-order valence-electron chi connectivity index (χ2n) is 4.72. The van der Waals surface area contributed by atoms with E-state index in [-0.39, 0.29) is 11.9 Å². The number of benzene rings is 1. The summed E-state index contributed by atoms with van der Waals surface area (Å²) in [7, 11) is 0. The number of hydrogen-bond donors (Lipinski definition) is 1. The standard InChI is InChI=1S/C13H15FN4/c14-10-3-1-9(2-4-10)7-12-16-13-8-11(15)5-6-18(13)17-12/h1-4,11H,5-8,15H2. The molecule has 4 nitrogen and oxygen atoms in total. The third-order valence-electron chi connectivity index (χ3n) is 3.22. The van der Waals surface area contributed by atoms with E-state index in [1.807, 2.05) is 4.68 Å². The highest BCUT2D eigenvalue weighted by molar-refractivity contribution is 5.20. The Morgan fingerprint density at radius 1 is 1.33 bits per heavy atom. The molecule has 0 amide bonds. The summed E-state index contributed by atoms with van der Waals surface area (Å²) in [5.41, 5.74) is 6.92. The SMILES string of the molecule is NC1CCn2nc(Cc3ccc(F)cc3)nc2C1. The molecule has 1 atom stereocenters. The predicted octanol–water partition coefficient (Wildman–Crippen LogP) is 1.28. The number of halogens is 1. The first-order valence-corrected chi connectivity index (χ1v) is 6.13. The highest BCUT2D eigenvalue weighted by atomic mass is 19.1. The van der Waals surface area contributed by atoms with E-state index in [1.54, 1.807) is 12.1 Å². The molecule has 1 unspecified atom stereocenters. The minimum atomic E-state index is -0.221. The van der Waals surface area contributed by atoms with Gasteiger partial charge in [0.05, 0.1) is 0 Å². The van der Waals surface area contributed by atoms with Gasteiger partial charge in [0.25, 0.3) is 0 Å². The zero-order valence-electron chi connectivity index (χ0n) is 10.0. The Bertz CT molecular complexity index is 547. The van der Waals surface area contributed by atoms with Gasteiger partial charge in [-0.2, -0.15) is 5.10 Å². The molecule has 0 spiro atoms. The van der Waals surface area contributed by atoms with Crippen molar-refractivity contribution in [3.05, 3.63) is 47.3 Å². The highest BCUT2D eigenvalue weighted by Gasteiger charge is 2.18. The van der Waals surface area contributed by atoms with Crippen molar-refractivity contribution < 1.29 is 4.39 Å². The minimum absolute atomic E-state index is 0.195. The summed E-state index contributed by atoms with van der Waals surface area (Å²) in [6.07, 6.45) is 2.37. The van der Waals surface area contributed by atoms with Gasteiger partial charge in [0.1, 0.15) is 11.6 Å². The molecule has 0 saturated heterocycles. The van der Waals surface area contributed by atoms with Crippen LogP contribution in [0.4, 0.5) is 4.39 Å². The Hall–Kier alpha value is -1.75. The number of nitrogens with two attached hydrogens (primary N) is 1. The molecule has 18 heavy (non-hydrogen) atoms. The maximum atomic E-state index is 12.8. The largest absolute Gasteiger partial charge is 0.327 e. The number of fused-ring (bicyclic) bond motifs is 1. The summed E-state index contributed by atoms with van der Waals surface area (Å²) < 4.78 is 14.7. The third-order valence-corrected chi connectivity index (χ3v) is 3.22. The normalized spacial score (nSPS) is 18.7. The Morgan fingerprint density at radius 3 is 2.89 bits per heavy atom. The molecule has 0 aliphatic carbocycles. The molecule has 2 N–H and O–H groups in total. The monoisotopic (exact) mass is 246 g/mol. The average molecular weight is 246 g/mol. The van der Waals surface area contributed by atoms with Crippen LogP contribution in [-0.2, 0) is 19.4 Å². The molecular formula is C13H15FN4. The van der Waals surface area contributed by atoms with E-state index >= 15 is 0 Å². The molecule has 3 rings (SSSR count). The van der Waals surface area contributed by atoms with Gasteiger partial charge in [0.2, 0.25) is 0 Å². The number of hydrogen-bond acceptors (Lipinski definition) is 3. The van der Waals surface area contributed by atoms with Gasteiger partial charge in [-0.1, -0.05) is 12.1 Å². The molecule has 1 aliphatic heterocycles. The minimum Gasteiger partial charge on any atom is -0.327 e. The lowest BCUT2D eigenvalue weighted by Crippen LogP contribution is -2.31. The van der Waals surface area contributed by atoms with Crippen molar-refractivity contribution in [2.24, 2.45) is 5.73 Å². The van der Waals surface area contributed by atoms with Crippen LogP contribution in [0, 0.1) is 5.82 Å². The fourth-order valence-corrected chi connectivity index (χ4v) is 2.24. The van der Waals surface area contributed by atoms with E-state index < -0.39 is 0 Å². The van der Waals surface area contributed by atoms with Crippen LogP contribution in [0.15, 0.2) is 24.3 Å². The molecule has 0 radical (unpaired) electrons. The number of rotatable bonds is 2. The zero-order valence-corrected chi connectivity index (χ0v) is 10.0. The van der Waals surface area contributed by atoms with Crippen molar-refractivity contribution in [3.8, 4) is 0 Å². The van der Waals surface area contributed by atoms with Crippen molar-refractivity contribution in [1.29, 1.82) is 0 Å². The molecule has 1 aromatic heterocycles. The second-order valence-corrected chi connectivity index (χ2v) is 4.72. The number of aromatic nitrogens is 3. The van der Waals surface area contributed by atoms with Crippen LogP contribution in [0.5, 0.6) is 0 Å². The quantitative estimate of drug-likeness (QED) is 0.868. The molecule has 0 saturated carbocycles. The third kappa shape index (κ3) is 2.26. The van der Waals surface area contributed by atoms with Crippen LogP contribution in [0.25, 0.3) is 0 Å². The van der Waals surface area contributed by atoms with Gasteiger partial charge in [-0.3, -0.25) is 0 Å². The van der Waals surface area contributed by atoms with Crippen LogP contribution in [0.1, 0.15) is 23.6 Å². The van der Waals surface area contributed by atoms with Gasteiger partial charge in [-0.25, -0.2) is 14.1 Å². The van der Waals surface area contributed by atoms with Crippen molar-refractivity contribution >= 4 is 0 Å². The summed E-state index contributed by atoms with van der Waals surface area (Å²) in [5, 5.41) is 4.46. The van der Waals surface area contributed by atoms with Crippen LogP contribution < -0.4 is 5.73 Å². The summed E-state index contributed by atoms with van der Waals surface area (Å²) >= 11 is 0. The van der Waals surface area contributed by atoms with Crippen molar-refractivity contribution in [3.63, 3.8) is 0 Å². The summed E-state index contributed by atoms with van der Waals surface area (Å²) in [6.45, 7) is 0.840. The van der Waals surface area contributed by atoms with E-state index in [9.17, 15) is 4.39 Å². The molecular weight excluding hydrogens is 231 g/mol. The Kier molecular flexibility index (Phi) is 2.83. The lowest BCUT2D eigenvalue weighted by molar-refractivity contribution is 0.432.